The van der Waals surface area contributed by atoms with Gasteiger partial charge in [0.05, 0.1) is 18.8 Å². The molecule has 1 amide bonds. The molecule has 0 saturated carbocycles. The Morgan fingerprint density at radius 1 is 1.43 bits per heavy atom. The summed E-state index contributed by atoms with van der Waals surface area (Å²) in [4.78, 5) is 14.5. The number of amides is 1. The van der Waals surface area contributed by atoms with Gasteiger partial charge in [-0.25, -0.2) is 4.68 Å². The zero-order chi connectivity index (χ0) is 15.3. The number of carbonyl (C=O) groups is 1. The summed E-state index contributed by atoms with van der Waals surface area (Å²) in [5.74, 6) is 0.778. The Hall–Kier alpha value is -1.19. The molecule has 2 rings (SSSR count). The molecule has 0 aliphatic carbocycles. The van der Waals surface area contributed by atoms with Crippen LogP contribution in [0, 0.1) is 0 Å². The minimum atomic E-state index is -0.513. The second kappa shape index (κ2) is 7.19. The number of aromatic nitrogens is 4. The van der Waals surface area contributed by atoms with Crippen LogP contribution in [0.4, 0.5) is 0 Å². The number of hydrogen-bond donors (Lipinski definition) is 1. The number of ether oxygens (including phenoxy) is 1. The van der Waals surface area contributed by atoms with Crippen LogP contribution in [0.5, 0.6) is 0 Å². The van der Waals surface area contributed by atoms with Gasteiger partial charge in [0.1, 0.15) is 0 Å². The van der Waals surface area contributed by atoms with E-state index in [1.807, 2.05) is 13.8 Å². The van der Waals surface area contributed by atoms with Crippen molar-refractivity contribution in [1.82, 2.24) is 30.4 Å². The average Bonchev–Trinajstić information content (AvgIpc) is 2.89. The summed E-state index contributed by atoms with van der Waals surface area (Å²) in [6.07, 6.45) is 0. The van der Waals surface area contributed by atoms with Crippen LogP contribution >= 0.6 is 11.8 Å². The first-order valence-electron chi connectivity index (χ1n) is 6.98. The molecule has 0 atom stereocenters. The van der Waals surface area contributed by atoms with Crippen molar-refractivity contribution in [1.29, 1.82) is 0 Å². The molecular formula is C12H22N6O2S. The number of nitrogens with zero attached hydrogens (tertiary/aromatic N) is 5. The molecule has 1 fully saturated rings. The molecule has 0 aromatic carbocycles. The number of carbonyl (C=O) groups excluding carboxylic acids is 1. The molecule has 1 N–H and O–H groups in total. The normalized spacial score (nSPS) is 16.9. The number of nitrogens with one attached hydrogen (secondary N) is 1. The minimum Gasteiger partial charge on any atom is -0.379 e. The summed E-state index contributed by atoms with van der Waals surface area (Å²) in [7, 11) is 1.79. The number of morpholine rings is 1. The summed E-state index contributed by atoms with van der Waals surface area (Å²) in [6.45, 7) is 7.45. The molecule has 0 unspecified atom stereocenters. The number of hydrogen-bond acceptors (Lipinski definition) is 7. The van der Waals surface area contributed by atoms with E-state index in [0.29, 0.717) is 19.8 Å². The van der Waals surface area contributed by atoms with Crippen molar-refractivity contribution in [3.05, 3.63) is 0 Å². The second-order valence-corrected chi connectivity index (χ2v) is 6.41. The predicted octanol–water partition coefficient (Wildman–Crippen LogP) is -0.471. The molecule has 0 spiro atoms. The monoisotopic (exact) mass is 314 g/mol. The van der Waals surface area contributed by atoms with E-state index in [9.17, 15) is 4.79 Å². The summed E-state index contributed by atoms with van der Waals surface area (Å²) in [5.41, 5.74) is -0.513. The molecular weight excluding hydrogens is 292 g/mol. The fourth-order valence-electron chi connectivity index (χ4n) is 2.13. The van der Waals surface area contributed by atoms with Gasteiger partial charge in [-0.05, 0) is 24.3 Å². The summed E-state index contributed by atoms with van der Waals surface area (Å²) >= 11 is 1.52. The van der Waals surface area contributed by atoms with E-state index in [0.717, 1.165) is 24.0 Å². The Morgan fingerprint density at radius 2 is 2.14 bits per heavy atom. The van der Waals surface area contributed by atoms with E-state index in [2.05, 4.69) is 25.7 Å². The maximum atomic E-state index is 12.3. The minimum absolute atomic E-state index is 0.0427. The van der Waals surface area contributed by atoms with Crippen molar-refractivity contribution < 1.29 is 9.53 Å². The fourth-order valence-corrected chi connectivity index (χ4v) is 2.84. The summed E-state index contributed by atoms with van der Waals surface area (Å²) in [5, 5.41) is 14.9. The van der Waals surface area contributed by atoms with Gasteiger partial charge in [-0.1, -0.05) is 11.8 Å². The maximum Gasteiger partial charge on any atom is 0.239 e. The highest BCUT2D eigenvalue weighted by atomic mass is 32.2. The lowest BCUT2D eigenvalue weighted by Gasteiger charge is -2.39. The Bertz CT molecular complexity index is 472. The molecule has 1 aromatic rings. The number of thioether (sulfide) groups is 1. The fraction of sp³-hybridized carbons (Fsp3) is 0.833. The Kier molecular flexibility index (Phi) is 5.54. The third-order valence-electron chi connectivity index (χ3n) is 3.56. The van der Waals surface area contributed by atoms with Crippen molar-refractivity contribution in [2.75, 3.05) is 38.6 Å². The van der Waals surface area contributed by atoms with Gasteiger partial charge in [0.25, 0.3) is 0 Å². The lowest BCUT2D eigenvalue weighted by atomic mass is 10.0. The zero-order valence-electron chi connectivity index (χ0n) is 12.7. The zero-order valence-corrected chi connectivity index (χ0v) is 13.5. The molecule has 2 heterocycles. The van der Waals surface area contributed by atoms with Crippen LogP contribution in [0.25, 0.3) is 0 Å². The van der Waals surface area contributed by atoms with Crippen LogP contribution in [0.1, 0.15) is 13.8 Å². The molecule has 1 aliphatic heterocycles. The van der Waals surface area contributed by atoms with Crippen molar-refractivity contribution >= 4 is 17.7 Å². The smallest absolute Gasteiger partial charge is 0.239 e. The topological polar surface area (TPSA) is 85.2 Å². The van der Waals surface area contributed by atoms with E-state index in [1.54, 1.807) is 11.7 Å². The summed E-state index contributed by atoms with van der Waals surface area (Å²) < 4.78 is 6.94. The first-order valence-corrected chi connectivity index (χ1v) is 7.96. The van der Waals surface area contributed by atoms with Gasteiger partial charge in [-0.3, -0.25) is 9.69 Å². The molecule has 1 saturated heterocycles. The van der Waals surface area contributed by atoms with Crippen LogP contribution in [-0.2, 0) is 16.6 Å². The van der Waals surface area contributed by atoms with Gasteiger partial charge in [0.2, 0.25) is 11.1 Å². The van der Waals surface area contributed by atoms with E-state index < -0.39 is 5.54 Å². The summed E-state index contributed by atoms with van der Waals surface area (Å²) in [6, 6.07) is 0. The highest BCUT2D eigenvalue weighted by molar-refractivity contribution is 7.99. The van der Waals surface area contributed by atoms with Gasteiger partial charge in [-0.2, -0.15) is 0 Å². The van der Waals surface area contributed by atoms with Crippen LogP contribution in [0.2, 0.25) is 0 Å². The van der Waals surface area contributed by atoms with Crippen molar-refractivity contribution in [2.24, 2.45) is 7.05 Å². The van der Waals surface area contributed by atoms with Gasteiger partial charge in [0, 0.05) is 32.4 Å². The first-order chi connectivity index (χ1) is 10.0. The Labute approximate surface area is 128 Å². The number of rotatable bonds is 6. The molecule has 118 valence electrons. The SMILES string of the molecule is Cn1nnnc1SCCNC(=O)C(C)(C)N1CCOCC1. The number of aryl methyl sites for hydroxylation is 1. The average molecular weight is 314 g/mol. The third-order valence-corrected chi connectivity index (χ3v) is 4.57. The molecule has 0 bridgehead atoms. The van der Waals surface area contributed by atoms with Crippen molar-refractivity contribution in [2.45, 2.75) is 24.5 Å². The highest BCUT2D eigenvalue weighted by Crippen LogP contribution is 2.16. The second-order valence-electron chi connectivity index (χ2n) is 5.35. The van der Waals surface area contributed by atoms with Gasteiger partial charge >= 0.3 is 0 Å². The molecule has 1 aromatic heterocycles. The maximum absolute atomic E-state index is 12.3. The molecule has 8 nitrogen and oxygen atoms in total. The molecule has 0 radical (unpaired) electrons. The number of tetrazole rings is 1. The van der Waals surface area contributed by atoms with E-state index in [-0.39, 0.29) is 5.91 Å². The van der Waals surface area contributed by atoms with Crippen molar-refractivity contribution in [3.63, 3.8) is 0 Å². The molecule has 21 heavy (non-hydrogen) atoms. The third kappa shape index (κ3) is 4.14. The van der Waals surface area contributed by atoms with Crippen molar-refractivity contribution in [3.8, 4) is 0 Å². The lowest BCUT2D eigenvalue weighted by molar-refractivity contribution is -0.134. The molecule has 1 aliphatic rings. The van der Waals surface area contributed by atoms with Crippen LogP contribution in [0.15, 0.2) is 5.16 Å². The van der Waals surface area contributed by atoms with Crippen LogP contribution in [0.3, 0.4) is 0 Å². The van der Waals surface area contributed by atoms with Gasteiger partial charge < -0.3 is 10.1 Å². The first kappa shape index (κ1) is 16.2. The highest BCUT2D eigenvalue weighted by Gasteiger charge is 2.35. The lowest BCUT2D eigenvalue weighted by Crippen LogP contribution is -2.58. The standard InChI is InChI=1S/C12H22N6O2S/c1-12(2,18-5-7-20-8-6-18)10(19)13-4-9-21-11-14-15-16-17(11)3/h4-9H2,1-3H3,(H,13,19). The molecule has 9 heteroatoms. The van der Waals surface area contributed by atoms with E-state index >= 15 is 0 Å². The van der Waals surface area contributed by atoms with Gasteiger partial charge in [-0.15, -0.1) is 5.10 Å². The van der Waals surface area contributed by atoms with Crippen LogP contribution in [-0.4, -0.2) is 75.2 Å². The quantitative estimate of drug-likeness (QED) is 0.561. The van der Waals surface area contributed by atoms with Crippen LogP contribution < -0.4 is 5.32 Å². The van der Waals surface area contributed by atoms with E-state index in [4.69, 9.17) is 4.74 Å². The Balaban J connectivity index is 1.74. The Morgan fingerprint density at radius 3 is 2.76 bits per heavy atom. The van der Waals surface area contributed by atoms with Gasteiger partial charge in [0.15, 0.2) is 0 Å². The largest absolute Gasteiger partial charge is 0.379 e. The van der Waals surface area contributed by atoms with E-state index in [1.165, 1.54) is 11.8 Å². The predicted molar refractivity (Wildman–Crippen MR) is 79.0 cm³/mol.